The molecule has 1 saturated heterocycles. The lowest BCUT2D eigenvalue weighted by Gasteiger charge is -2.17. The smallest absolute Gasteiger partial charge is 0.416 e. The van der Waals surface area contributed by atoms with Crippen LogP contribution in [0.1, 0.15) is 35.6 Å². The molecule has 2 aromatic rings. The third-order valence-electron chi connectivity index (χ3n) is 5.50. The van der Waals surface area contributed by atoms with Crippen molar-refractivity contribution in [2.75, 3.05) is 18.1 Å². The van der Waals surface area contributed by atoms with Crippen molar-refractivity contribution in [3.63, 3.8) is 0 Å². The van der Waals surface area contributed by atoms with Crippen LogP contribution in [0.25, 0.3) is 5.76 Å². The van der Waals surface area contributed by atoms with E-state index in [0.29, 0.717) is 52.9 Å². The summed E-state index contributed by atoms with van der Waals surface area (Å²) in [6.45, 7) is 4.06. The van der Waals surface area contributed by atoms with Crippen molar-refractivity contribution in [3.8, 4) is 0 Å². The van der Waals surface area contributed by atoms with E-state index < -0.39 is 24.1 Å². The first kappa shape index (κ1) is 22.3. The van der Waals surface area contributed by atoms with Gasteiger partial charge in [0.1, 0.15) is 12.4 Å². The summed E-state index contributed by atoms with van der Waals surface area (Å²) >= 11 is 6.42. The second-order valence-electron chi connectivity index (χ2n) is 7.49. The van der Waals surface area contributed by atoms with Gasteiger partial charge in [0.15, 0.2) is 5.76 Å². The summed E-state index contributed by atoms with van der Waals surface area (Å²) in [6, 6.07) is 9.24. The average Bonchev–Trinajstić information content (AvgIpc) is 3.34. The van der Waals surface area contributed by atoms with E-state index in [9.17, 15) is 18.0 Å². The zero-order valence-electron chi connectivity index (χ0n) is 17.5. The molecule has 32 heavy (non-hydrogen) atoms. The molecule has 4 rings (SSSR count). The number of hydrogen-bond acceptors (Lipinski definition) is 4. The number of nitrogens with zero attached hydrogens (tertiary/aromatic N) is 1. The molecule has 9 heteroatoms. The van der Waals surface area contributed by atoms with E-state index in [0.717, 1.165) is 6.07 Å². The highest BCUT2D eigenvalue weighted by Crippen LogP contribution is 2.38. The second kappa shape index (κ2) is 8.58. The largest absolute Gasteiger partial charge is 0.455 e. The molecule has 2 heterocycles. The lowest BCUT2D eigenvalue weighted by molar-refractivity contribution is -0.138. The Hall–Kier alpha value is -2.87. The van der Waals surface area contributed by atoms with Gasteiger partial charge in [0.2, 0.25) is 6.29 Å². The minimum atomic E-state index is -4.42. The highest BCUT2D eigenvalue weighted by Gasteiger charge is 2.34. The summed E-state index contributed by atoms with van der Waals surface area (Å²) in [4.78, 5) is 13.3. The maximum Gasteiger partial charge on any atom is 0.416 e. The molecule has 2 aliphatic rings. The van der Waals surface area contributed by atoms with Gasteiger partial charge >= 0.3 is 12.3 Å². The number of hydrogen-bond donors (Lipinski definition) is 0. The number of anilines is 1. The van der Waals surface area contributed by atoms with Gasteiger partial charge in [-0.15, -0.1) is 0 Å². The van der Waals surface area contributed by atoms with Crippen LogP contribution in [0.4, 0.5) is 23.7 Å². The van der Waals surface area contributed by atoms with E-state index in [2.05, 4.69) is 0 Å². The van der Waals surface area contributed by atoms with Crippen LogP contribution in [0, 0.1) is 6.92 Å². The zero-order valence-corrected chi connectivity index (χ0v) is 18.2. The fourth-order valence-electron chi connectivity index (χ4n) is 3.86. The molecule has 0 radical (unpaired) electrons. The van der Waals surface area contributed by atoms with Crippen molar-refractivity contribution >= 4 is 29.1 Å². The first-order chi connectivity index (χ1) is 15.2. The number of rotatable bonds is 5. The zero-order chi connectivity index (χ0) is 23.0. The van der Waals surface area contributed by atoms with E-state index in [1.807, 2.05) is 6.92 Å². The molecular weight excluding hydrogens is 447 g/mol. The third kappa shape index (κ3) is 4.24. The lowest BCUT2D eigenvalue weighted by atomic mass is 9.99. The Labute approximate surface area is 188 Å². The van der Waals surface area contributed by atoms with Gasteiger partial charge in [-0.25, -0.2) is 4.79 Å². The summed E-state index contributed by atoms with van der Waals surface area (Å²) in [5.74, 6) is 1.07. The van der Waals surface area contributed by atoms with Crippen LogP contribution in [0.2, 0.25) is 5.02 Å². The quantitative estimate of drug-likeness (QED) is 0.516. The van der Waals surface area contributed by atoms with E-state index >= 15 is 0 Å². The van der Waals surface area contributed by atoms with Crippen LogP contribution in [0.5, 0.6) is 0 Å². The average molecular weight is 468 g/mol. The number of alkyl halides is 3. The number of allylic oxidation sites excluding steroid dienone is 1. The van der Waals surface area contributed by atoms with Crippen LogP contribution in [0.15, 0.2) is 42.2 Å². The number of carbonyl (C=O) groups excluding carboxylic acids is 1. The topological polar surface area (TPSA) is 48.0 Å². The molecule has 0 saturated carbocycles. The van der Waals surface area contributed by atoms with Crippen LogP contribution in [0.3, 0.4) is 0 Å². The molecule has 0 aliphatic carbocycles. The van der Waals surface area contributed by atoms with Gasteiger partial charge in [0, 0.05) is 18.4 Å². The van der Waals surface area contributed by atoms with Crippen LogP contribution in [-0.2, 0) is 26.8 Å². The number of benzene rings is 2. The van der Waals surface area contributed by atoms with Gasteiger partial charge in [0.25, 0.3) is 0 Å². The number of carbonyl (C=O) groups is 1. The Kier molecular flexibility index (Phi) is 5.99. The van der Waals surface area contributed by atoms with E-state index in [1.54, 1.807) is 24.3 Å². The lowest BCUT2D eigenvalue weighted by Crippen LogP contribution is -2.23. The van der Waals surface area contributed by atoms with Gasteiger partial charge in [-0.05, 0) is 42.3 Å². The predicted octanol–water partition coefficient (Wildman–Crippen LogP) is 6.32. The monoisotopic (exact) mass is 467 g/mol. The fourth-order valence-corrected chi connectivity index (χ4v) is 4.14. The third-order valence-corrected chi connectivity index (χ3v) is 5.80. The van der Waals surface area contributed by atoms with Crippen LogP contribution in [-0.4, -0.2) is 25.5 Å². The van der Waals surface area contributed by atoms with Crippen molar-refractivity contribution in [1.29, 1.82) is 0 Å². The highest BCUT2D eigenvalue weighted by molar-refractivity contribution is 6.34. The second-order valence-corrected chi connectivity index (χ2v) is 7.90. The number of ether oxygens (including phenoxy) is 3. The van der Waals surface area contributed by atoms with E-state index in [-0.39, 0.29) is 12.0 Å². The molecule has 170 valence electrons. The highest BCUT2D eigenvalue weighted by atomic mass is 35.5. The molecule has 5 nitrogen and oxygen atoms in total. The van der Waals surface area contributed by atoms with Crippen molar-refractivity contribution in [1.82, 2.24) is 0 Å². The molecule has 0 aromatic heterocycles. The summed E-state index contributed by atoms with van der Waals surface area (Å²) in [7, 11) is 0. The molecule has 2 aliphatic heterocycles. The molecule has 0 N–H and O–H groups in total. The molecule has 2 aromatic carbocycles. The Morgan fingerprint density at radius 2 is 1.97 bits per heavy atom. The van der Waals surface area contributed by atoms with Gasteiger partial charge in [-0.2, -0.15) is 13.2 Å². The fraction of sp³-hybridized carbons (Fsp3) is 0.348. The van der Waals surface area contributed by atoms with E-state index in [4.69, 9.17) is 25.8 Å². The van der Waals surface area contributed by atoms with Gasteiger partial charge in [-0.1, -0.05) is 30.7 Å². The number of halogens is 4. The van der Waals surface area contributed by atoms with Crippen molar-refractivity contribution < 1.29 is 32.2 Å². The maximum atomic E-state index is 13.2. The van der Waals surface area contributed by atoms with Crippen molar-refractivity contribution in [2.45, 2.75) is 39.2 Å². The maximum absolute atomic E-state index is 13.2. The minimum Gasteiger partial charge on any atom is -0.455 e. The van der Waals surface area contributed by atoms with Crippen LogP contribution >= 0.6 is 11.6 Å². The molecule has 1 amide bonds. The Morgan fingerprint density at radius 1 is 1.19 bits per heavy atom. The standard InChI is InChI=1S/C23H21ClF3NO4/c1-3-19-21(15-7-8-18(17(24)11-15)28-9-10-30-22(28)29)32-20(31-19)12-14-5-4-6-16(13(14)2)23(25,26)27/h4-8,11,20H,3,9-10,12H2,1-2H3. The molecule has 1 atom stereocenters. The first-order valence-electron chi connectivity index (χ1n) is 10.2. The van der Waals surface area contributed by atoms with Crippen molar-refractivity contribution in [3.05, 3.63) is 69.4 Å². The van der Waals surface area contributed by atoms with Crippen molar-refractivity contribution in [2.24, 2.45) is 0 Å². The first-order valence-corrected chi connectivity index (χ1v) is 10.5. The number of amides is 1. The minimum absolute atomic E-state index is 0.156. The molecule has 1 fully saturated rings. The van der Waals surface area contributed by atoms with Crippen LogP contribution < -0.4 is 4.90 Å². The SMILES string of the molecule is CCC1=C(c2ccc(N3CCOC3=O)c(Cl)c2)OC(Cc2cccc(C(F)(F)F)c2C)O1. The van der Waals surface area contributed by atoms with E-state index in [1.165, 1.54) is 17.9 Å². The van der Waals surface area contributed by atoms with Gasteiger partial charge in [0.05, 0.1) is 22.8 Å². The summed E-state index contributed by atoms with van der Waals surface area (Å²) in [5.41, 5.74) is 1.18. The molecular formula is C23H21ClF3NO4. The van der Waals surface area contributed by atoms with Gasteiger partial charge in [-0.3, -0.25) is 4.90 Å². The Balaban J connectivity index is 1.55. The summed E-state index contributed by atoms with van der Waals surface area (Å²) in [6.07, 6.45) is -4.94. The molecule has 1 unspecified atom stereocenters. The Morgan fingerprint density at radius 3 is 2.59 bits per heavy atom. The predicted molar refractivity (Wildman–Crippen MR) is 113 cm³/mol. The number of cyclic esters (lactones) is 1. The molecule has 0 spiro atoms. The Bertz CT molecular complexity index is 1080. The summed E-state index contributed by atoms with van der Waals surface area (Å²) < 4.78 is 56.5. The van der Waals surface area contributed by atoms with Gasteiger partial charge < -0.3 is 14.2 Å². The normalized spacial score (nSPS) is 18.6. The molecule has 0 bridgehead atoms. The summed E-state index contributed by atoms with van der Waals surface area (Å²) in [5, 5.41) is 0.352.